The van der Waals surface area contributed by atoms with Crippen LogP contribution in [0.25, 0.3) is 0 Å². The van der Waals surface area contributed by atoms with Gasteiger partial charge >= 0.3 is 12.1 Å². The van der Waals surface area contributed by atoms with Crippen LogP contribution < -0.4 is 0 Å². The van der Waals surface area contributed by atoms with Gasteiger partial charge in [0.2, 0.25) is 0 Å². The van der Waals surface area contributed by atoms with Gasteiger partial charge in [-0.3, -0.25) is 4.90 Å². The number of aliphatic carboxylic acids is 1. The Labute approximate surface area is 86.2 Å². The molecule has 0 unspecified atom stereocenters. The van der Waals surface area contributed by atoms with E-state index < -0.39 is 23.9 Å². The Morgan fingerprint density at radius 2 is 1.87 bits per heavy atom. The zero-order valence-electron chi connectivity index (χ0n) is 8.47. The first-order chi connectivity index (χ1) is 6.95. The second-order valence-corrected chi connectivity index (χ2v) is 3.29. The summed E-state index contributed by atoms with van der Waals surface area (Å²) in [4.78, 5) is 22.4. The van der Waals surface area contributed by atoms with Crippen molar-refractivity contribution in [3.63, 3.8) is 0 Å². The quantitative estimate of drug-likeness (QED) is 0.639. The molecule has 0 aromatic rings. The smallest absolute Gasteiger partial charge is 0.408 e. The van der Waals surface area contributed by atoms with Crippen molar-refractivity contribution in [3.8, 4) is 0 Å². The van der Waals surface area contributed by atoms with Gasteiger partial charge < -0.3 is 19.7 Å². The molecular weight excluding hydrogens is 206 g/mol. The maximum Gasteiger partial charge on any atom is 0.408 e. The van der Waals surface area contributed by atoms with Crippen LogP contribution in [0.3, 0.4) is 0 Å². The molecule has 1 aliphatic rings. The highest BCUT2D eigenvalue weighted by atomic mass is 16.7. The van der Waals surface area contributed by atoms with Gasteiger partial charge in [0, 0.05) is 20.6 Å². The third kappa shape index (κ3) is 2.02. The second-order valence-electron chi connectivity index (χ2n) is 3.29. The van der Waals surface area contributed by atoms with Gasteiger partial charge in [-0.2, -0.15) is 0 Å². The highest BCUT2D eigenvalue weighted by Gasteiger charge is 2.50. The van der Waals surface area contributed by atoms with Crippen LogP contribution in [0.4, 0.5) is 4.79 Å². The number of rotatable bonds is 3. The largest absolute Gasteiger partial charge is 0.480 e. The number of hydrogen-bond acceptors (Lipinski definition) is 4. The highest BCUT2D eigenvalue weighted by Crippen LogP contribution is 2.30. The van der Waals surface area contributed by atoms with E-state index in [9.17, 15) is 9.59 Å². The highest BCUT2D eigenvalue weighted by molar-refractivity contribution is 5.80. The van der Waals surface area contributed by atoms with Crippen molar-refractivity contribution < 1.29 is 29.3 Å². The van der Waals surface area contributed by atoms with E-state index in [0.29, 0.717) is 0 Å². The molecule has 1 saturated heterocycles. The Morgan fingerprint density at radius 1 is 1.33 bits per heavy atom. The number of hydrogen-bond donors (Lipinski definition) is 2. The van der Waals surface area contributed by atoms with Crippen LogP contribution in [0.1, 0.15) is 6.42 Å². The van der Waals surface area contributed by atoms with E-state index in [1.54, 1.807) is 0 Å². The first kappa shape index (κ1) is 11.7. The average Bonchev–Trinajstić information content (AvgIpc) is 2.58. The molecule has 1 atom stereocenters. The van der Waals surface area contributed by atoms with Crippen molar-refractivity contribution in [2.75, 3.05) is 20.8 Å². The number of carbonyl (C=O) groups is 2. The summed E-state index contributed by atoms with van der Waals surface area (Å²) in [7, 11) is 2.71. The molecule has 1 aliphatic heterocycles. The topological polar surface area (TPSA) is 96.3 Å². The molecule has 0 aliphatic carbocycles. The minimum Gasteiger partial charge on any atom is -0.480 e. The predicted octanol–water partition coefficient (Wildman–Crippen LogP) is -0.188. The normalized spacial score (nSPS) is 24.1. The summed E-state index contributed by atoms with van der Waals surface area (Å²) in [6, 6.07) is -1.12. The fourth-order valence-electron chi connectivity index (χ4n) is 1.64. The van der Waals surface area contributed by atoms with Gasteiger partial charge in [0.1, 0.15) is 6.04 Å². The van der Waals surface area contributed by atoms with Crippen LogP contribution >= 0.6 is 0 Å². The van der Waals surface area contributed by atoms with Gasteiger partial charge in [0.25, 0.3) is 0 Å². The van der Waals surface area contributed by atoms with Crippen molar-refractivity contribution in [1.29, 1.82) is 0 Å². The van der Waals surface area contributed by atoms with Crippen LogP contribution in [0.2, 0.25) is 0 Å². The molecule has 1 rings (SSSR count). The number of carboxylic acids is 1. The summed E-state index contributed by atoms with van der Waals surface area (Å²) in [6.07, 6.45) is -1.31. The maximum absolute atomic E-state index is 10.8. The lowest BCUT2D eigenvalue weighted by Gasteiger charge is -2.24. The Kier molecular flexibility index (Phi) is 3.15. The summed E-state index contributed by atoms with van der Waals surface area (Å²) < 4.78 is 10.0. The van der Waals surface area contributed by atoms with Gasteiger partial charge in [-0.05, 0) is 0 Å². The molecule has 1 amide bonds. The van der Waals surface area contributed by atoms with E-state index in [4.69, 9.17) is 19.7 Å². The van der Waals surface area contributed by atoms with E-state index in [1.807, 2.05) is 0 Å². The van der Waals surface area contributed by atoms with Crippen molar-refractivity contribution in [3.05, 3.63) is 0 Å². The average molecular weight is 219 g/mol. The Hall–Kier alpha value is -1.34. The minimum atomic E-state index is -1.29. The Morgan fingerprint density at radius 3 is 2.13 bits per heavy atom. The third-order valence-electron chi connectivity index (χ3n) is 2.57. The fraction of sp³-hybridized carbons (Fsp3) is 0.750. The summed E-state index contributed by atoms with van der Waals surface area (Å²) in [5, 5.41) is 17.6. The van der Waals surface area contributed by atoms with E-state index in [2.05, 4.69) is 0 Å². The maximum atomic E-state index is 10.8. The van der Waals surface area contributed by atoms with E-state index in [1.165, 1.54) is 14.2 Å². The van der Waals surface area contributed by atoms with E-state index in [-0.39, 0.29) is 13.0 Å². The lowest BCUT2D eigenvalue weighted by atomic mass is 10.1. The second kappa shape index (κ2) is 4.03. The first-order valence-corrected chi connectivity index (χ1v) is 4.28. The molecule has 7 heteroatoms. The van der Waals surface area contributed by atoms with Crippen LogP contribution in [0, 0.1) is 0 Å². The molecule has 1 fully saturated rings. The zero-order chi connectivity index (χ0) is 11.6. The van der Waals surface area contributed by atoms with Crippen LogP contribution in [-0.2, 0) is 14.3 Å². The van der Waals surface area contributed by atoms with Crippen molar-refractivity contribution in [1.82, 2.24) is 4.90 Å². The summed E-state index contributed by atoms with van der Waals surface area (Å²) >= 11 is 0. The molecule has 1 heterocycles. The van der Waals surface area contributed by atoms with Crippen molar-refractivity contribution in [2.45, 2.75) is 18.2 Å². The zero-order valence-corrected chi connectivity index (χ0v) is 8.47. The van der Waals surface area contributed by atoms with Crippen molar-refractivity contribution in [2.24, 2.45) is 0 Å². The number of nitrogens with zero attached hydrogens (tertiary/aromatic N) is 1. The van der Waals surface area contributed by atoms with Gasteiger partial charge in [0.15, 0.2) is 5.79 Å². The van der Waals surface area contributed by atoms with Gasteiger partial charge in [-0.1, -0.05) is 0 Å². The van der Waals surface area contributed by atoms with Gasteiger partial charge in [-0.25, -0.2) is 9.59 Å². The van der Waals surface area contributed by atoms with Crippen LogP contribution in [-0.4, -0.2) is 59.8 Å². The Bertz CT molecular complexity index is 250. The summed E-state index contributed by atoms with van der Waals surface area (Å²) in [6.45, 7) is -0.105. The summed E-state index contributed by atoms with van der Waals surface area (Å²) in [5.74, 6) is -2.35. The lowest BCUT2D eigenvalue weighted by molar-refractivity contribution is -0.195. The molecule has 15 heavy (non-hydrogen) atoms. The van der Waals surface area contributed by atoms with Gasteiger partial charge in [0.05, 0.1) is 6.54 Å². The third-order valence-corrected chi connectivity index (χ3v) is 2.57. The molecule has 0 radical (unpaired) electrons. The van der Waals surface area contributed by atoms with Gasteiger partial charge in [-0.15, -0.1) is 0 Å². The van der Waals surface area contributed by atoms with E-state index >= 15 is 0 Å². The predicted molar refractivity (Wildman–Crippen MR) is 47.5 cm³/mol. The molecule has 7 nitrogen and oxygen atoms in total. The monoisotopic (exact) mass is 219 g/mol. The minimum absolute atomic E-state index is 0.0123. The molecular formula is C8H13NO6. The molecule has 2 N–H and O–H groups in total. The van der Waals surface area contributed by atoms with Crippen LogP contribution in [0.5, 0.6) is 0 Å². The van der Waals surface area contributed by atoms with Crippen LogP contribution in [0.15, 0.2) is 0 Å². The molecule has 0 aromatic carbocycles. The number of amides is 1. The number of ether oxygens (including phenoxy) is 2. The number of likely N-dealkylation sites (tertiary alicyclic amines) is 1. The molecule has 0 aromatic heterocycles. The first-order valence-electron chi connectivity index (χ1n) is 4.28. The van der Waals surface area contributed by atoms with E-state index in [0.717, 1.165) is 4.90 Å². The Balaban J connectivity index is 2.90. The lowest BCUT2D eigenvalue weighted by Crippen LogP contribution is -2.41. The standard InChI is InChI=1S/C8H13NO6/c1-14-8(15-2)3-5(6(10)11)9(4-8)7(12)13/h5H,3-4H2,1-2H3,(H,10,11)(H,12,13)/t5-/m1/s1. The molecule has 0 saturated carbocycles. The molecule has 0 bridgehead atoms. The number of methoxy groups -OCH3 is 2. The molecule has 0 spiro atoms. The summed E-state index contributed by atoms with van der Waals surface area (Å²) in [5.41, 5.74) is 0. The molecule has 86 valence electrons. The SMILES string of the molecule is COC1(OC)C[C@H](C(=O)O)N(C(=O)O)C1. The van der Waals surface area contributed by atoms with Crippen molar-refractivity contribution >= 4 is 12.1 Å². The number of carboxylic acid groups (broad SMARTS) is 2. The fourth-order valence-corrected chi connectivity index (χ4v) is 1.64.